The van der Waals surface area contributed by atoms with Crippen LogP contribution in [0.15, 0.2) is 59.0 Å². The summed E-state index contributed by atoms with van der Waals surface area (Å²) in [5.74, 6) is 1.37. The van der Waals surface area contributed by atoms with E-state index in [2.05, 4.69) is 5.32 Å². The number of rotatable bonds is 6. The van der Waals surface area contributed by atoms with E-state index in [1.54, 1.807) is 61.7 Å². The Bertz CT molecular complexity index is 923. The van der Waals surface area contributed by atoms with E-state index in [0.717, 1.165) is 0 Å². The normalized spacial score (nSPS) is 10.4. The molecule has 134 valence electrons. The number of hydrogen-bond donors (Lipinski definition) is 1. The number of hydrogen-bond acceptors (Lipinski definition) is 4. The van der Waals surface area contributed by atoms with Crippen molar-refractivity contribution in [3.8, 4) is 11.5 Å². The molecule has 1 heterocycles. The molecule has 0 aliphatic rings. The van der Waals surface area contributed by atoms with Gasteiger partial charge >= 0.3 is 0 Å². The number of ether oxygens (including phenoxy) is 2. The Hall–Kier alpha value is -2.63. The summed E-state index contributed by atoms with van der Waals surface area (Å²) in [7, 11) is 1.56. The molecule has 0 saturated carbocycles. The minimum Gasteiger partial charge on any atom is -0.497 e. The fraction of sp³-hybridized carbons (Fsp3) is 0.105. The van der Waals surface area contributed by atoms with Gasteiger partial charge in [-0.25, -0.2) is 0 Å². The van der Waals surface area contributed by atoms with Crippen molar-refractivity contribution < 1.29 is 18.7 Å². The molecule has 7 heteroatoms. The summed E-state index contributed by atoms with van der Waals surface area (Å²) in [5.41, 5.74) is 0.606. The molecule has 3 rings (SSSR count). The van der Waals surface area contributed by atoms with Gasteiger partial charge in [-0.15, -0.1) is 0 Å². The Morgan fingerprint density at radius 1 is 1.12 bits per heavy atom. The van der Waals surface area contributed by atoms with Crippen LogP contribution in [-0.2, 0) is 6.61 Å². The highest BCUT2D eigenvalue weighted by Crippen LogP contribution is 2.32. The zero-order valence-electron chi connectivity index (χ0n) is 13.8. The molecular formula is C19H15Cl2NO4. The molecule has 0 aliphatic carbocycles. The second-order valence-corrected chi connectivity index (χ2v) is 6.08. The number of benzene rings is 2. The first-order valence-corrected chi connectivity index (χ1v) is 8.43. The second kappa shape index (κ2) is 8.17. The van der Waals surface area contributed by atoms with E-state index in [-0.39, 0.29) is 18.3 Å². The SMILES string of the molecule is COc1cccc(NC(=O)c2ccc(COc3cccc(Cl)c3Cl)o2)c1. The quantitative estimate of drug-likeness (QED) is 0.608. The van der Waals surface area contributed by atoms with Gasteiger partial charge in [-0.05, 0) is 36.4 Å². The molecule has 0 radical (unpaired) electrons. The number of carbonyl (C=O) groups is 1. The van der Waals surface area contributed by atoms with Crippen molar-refractivity contribution in [3.05, 3.63) is 76.2 Å². The third-order valence-corrected chi connectivity index (χ3v) is 4.30. The molecule has 0 aliphatic heterocycles. The van der Waals surface area contributed by atoms with E-state index in [9.17, 15) is 4.79 Å². The minimum atomic E-state index is -0.370. The Kier molecular flexibility index (Phi) is 5.71. The first kappa shape index (κ1) is 18.2. The number of carbonyl (C=O) groups excluding carboxylic acids is 1. The van der Waals surface area contributed by atoms with Crippen LogP contribution in [0.4, 0.5) is 5.69 Å². The third kappa shape index (κ3) is 4.31. The van der Waals surface area contributed by atoms with Crippen LogP contribution in [0, 0.1) is 0 Å². The predicted octanol–water partition coefficient (Wildman–Crippen LogP) is 5.43. The lowest BCUT2D eigenvalue weighted by atomic mass is 10.3. The second-order valence-electron chi connectivity index (χ2n) is 5.29. The number of amides is 1. The van der Waals surface area contributed by atoms with Gasteiger partial charge in [0.05, 0.1) is 12.1 Å². The van der Waals surface area contributed by atoms with E-state index in [1.807, 2.05) is 0 Å². The van der Waals surface area contributed by atoms with Gasteiger partial charge in [0.25, 0.3) is 5.91 Å². The largest absolute Gasteiger partial charge is 0.497 e. The monoisotopic (exact) mass is 391 g/mol. The predicted molar refractivity (Wildman–Crippen MR) is 100 cm³/mol. The first-order chi connectivity index (χ1) is 12.6. The number of halogens is 2. The molecule has 1 N–H and O–H groups in total. The topological polar surface area (TPSA) is 60.7 Å². The average molecular weight is 392 g/mol. The van der Waals surface area contributed by atoms with E-state index in [0.29, 0.717) is 33.0 Å². The van der Waals surface area contributed by atoms with Crippen molar-refractivity contribution in [2.24, 2.45) is 0 Å². The molecule has 0 saturated heterocycles. The molecule has 1 amide bonds. The summed E-state index contributed by atoms with van der Waals surface area (Å²) < 4.78 is 16.2. The van der Waals surface area contributed by atoms with E-state index < -0.39 is 0 Å². The number of methoxy groups -OCH3 is 1. The molecule has 2 aromatic carbocycles. The third-order valence-electron chi connectivity index (χ3n) is 3.50. The lowest BCUT2D eigenvalue weighted by Gasteiger charge is -2.07. The van der Waals surface area contributed by atoms with Crippen LogP contribution in [-0.4, -0.2) is 13.0 Å². The Labute approximate surface area is 160 Å². The van der Waals surface area contributed by atoms with Gasteiger partial charge in [0, 0.05) is 11.8 Å². The van der Waals surface area contributed by atoms with Crippen molar-refractivity contribution in [2.75, 3.05) is 12.4 Å². The lowest BCUT2D eigenvalue weighted by molar-refractivity contribution is 0.0992. The summed E-state index contributed by atoms with van der Waals surface area (Å²) in [6.07, 6.45) is 0. The summed E-state index contributed by atoms with van der Waals surface area (Å²) in [4.78, 5) is 12.3. The minimum absolute atomic E-state index is 0.118. The van der Waals surface area contributed by atoms with Crippen molar-refractivity contribution in [3.63, 3.8) is 0 Å². The Morgan fingerprint density at radius 2 is 1.92 bits per heavy atom. The molecule has 26 heavy (non-hydrogen) atoms. The maximum absolute atomic E-state index is 12.3. The van der Waals surface area contributed by atoms with Crippen molar-refractivity contribution in [1.29, 1.82) is 0 Å². The van der Waals surface area contributed by atoms with Crippen LogP contribution >= 0.6 is 23.2 Å². The van der Waals surface area contributed by atoms with Gasteiger partial charge in [0.2, 0.25) is 0 Å². The van der Waals surface area contributed by atoms with Crippen LogP contribution < -0.4 is 14.8 Å². The average Bonchev–Trinajstić information content (AvgIpc) is 3.12. The maximum Gasteiger partial charge on any atom is 0.291 e. The molecule has 5 nitrogen and oxygen atoms in total. The van der Waals surface area contributed by atoms with Crippen molar-refractivity contribution in [2.45, 2.75) is 6.61 Å². The molecule has 0 bridgehead atoms. The van der Waals surface area contributed by atoms with Crippen LogP contribution in [0.25, 0.3) is 0 Å². The van der Waals surface area contributed by atoms with Gasteiger partial charge in [-0.2, -0.15) is 0 Å². The molecule has 3 aromatic rings. The maximum atomic E-state index is 12.3. The van der Waals surface area contributed by atoms with Crippen molar-refractivity contribution >= 4 is 34.8 Å². The highest BCUT2D eigenvalue weighted by Gasteiger charge is 2.13. The summed E-state index contributed by atoms with van der Waals surface area (Å²) in [5, 5.41) is 3.48. The Balaban J connectivity index is 1.63. The summed E-state index contributed by atoms with van der Waals surface area (Å²) in [6.45, 7) is 0.118. The zero-order valence-corrected chi connectivity index (χ0v) is 15.3. The summed E-state index contributed by atoms with van der Waals surface area (Å²) in [6, 6.07) is 15.4. The molecule has 0 spiro atoms. The number of furan rings is 1. The lowest BCUT2D eigenvalue weighted by Crippen LogP contribution is -2.10. The highest BCUT2D eigenvalue weighted by molar-refractivity contribution is 6.42. The van der Waals surface area contributed by atoms with Crippen LogP contribution in [0.5, 0.6) is 11.5 Å². The molecule has 0 fully saturated rings. The smallest absolute Gasteiger partial charge is 0.291 e. The van der Waals surface area contributed by atoms with Gasteiger partial charge in [-0.3, -0.25) is 4.79 Å². The van der Waals surface area contributed by atoms with Crippen molar-refractivity contribution in [1.82, 2.24) is 0 Å². The van der Waals surface area contributed by atoms with E-state index in [4.69, 9.17) is 37.1 Å². The van der Waals surface area contributed by atoms with Gasteiger partial charge in [-0.1, -0.05) is 35.3 Å². The number of anilines is 1. The molecular weight excluding hydrogens is 377 g/mol. The molecule has 0 unspecified atom stereocenters. The van der Waals surface area contributed by atoms with Gasteiger partial charge in [0.1, 0.15) is 28.9 Å². The van der Waals surface area contributed by atoms with Gasteiger partial charge < -0.3 is 19.2 Å². The van der Waals surface area contributed by atoms with Crippen LogP contribution in [0.2, 0.25) is 10.0 Å². The summed E-state index contributed by atoms with van der Waals surface area (Å²) >= 11 is 12.0. The fourth-order valence-electron chi connectivity index (χ4n) is 2.22. The first-order valence-electron chi connectivity index (χ1n) is 7.68. The number of nitrogens with one attached hydrogen (secondary N) is 1. The van der Waals surface area contributed by atoms with Crippen LogP contribution in [0.3, 0.4) is 0 Å². The zero-order chi connectivity index (χ0) is 18.5. The molecule has 1 aromatic heterocycles. The van der Waals surface area contributed by atoms with Crippen LogP contribution in [0.1, 0.15) is 16.3 Å². The molecule has 0 atom stereocenters. The van der Waals surface area contributed by atoms with E-state index in [1.165, 1.54) is 0 Å². The van der Waals surface area contributed by atoms with Gasteiger partial charge in [0.15, 0.2) is 5.76 Å². The fourth-order valence-corrected chi connectivity index (χ4v) is 2.56. The highest BCUT2D eigenvalue weighted by atomic mass is 35.5. The Morgan fingerprint density at radius 3 is 2.73 bits per heavy atom. The standard InChI is InChI=1S/C19H15Cl2NO4/c1-24-13-5-2-4-12(10-13)22-19(23)17-9-8-14(26-17)11-25-16-7-3-6-15(20)18(16)21/h2-10H,11H2,1H3,(H,22,23). The van der Waals surface area contributed by atoms with E-state index >= 15 is 0 Å².